The third-order valence-electron chi connectivity index (χ3n) is 7.06. The van der Waals surface area contributed by atoms with E-state index in [9.17, 15) is 19.2 Å². The number of rotatable bonds is 16. The van der Waals surface area contributed by atoms with E-state index in [0.29, 0.717) is 42.3 Å². The van der Waals surface area contributed by atoms with Crippen molar-refractivity contribution in [2.75, 3.05) is 6.26 Å². The van der Waals surface area contributed by atoms with E-state index in [2.05, 4.69) is 6.07 Å². The Hall–Kier alpha value is -3.85. The van der Waals surface area contributed by atoms with Gasteiger partial charge in [0.25, 0.3) is 12.3 Å². The largest absolute Gasteiger partial charge is 0.489 e. The van der Waals surface area contributed by atoms with Crippen LogP contribution in [-0.4, -0.2) is 54.2 Å². The van der Waals surface area contributed by atoms with Gasteiger partial charge in [-0.1, -0.05) is 36.0 Å². The molecule has 1 saturated heterocycles. The van der Waals surface area contributed by atoms with Crippen molar-refractivity contribution in [3.05, 3.63) is 82.9 Å². The summed E-state index contributed by atoms with van der Waals surface area (Å²) < 4.78 is 40.4. The number of carbonyl (C=O) groups excluding carboxylic acids is 4. The third-order valence-corrected chi connectivity index (χ3v) is 9.05. The number of carbonyl (C=O) groups is 4. The van der Waals surface area contributed by atoms with Gasteiger partial charge in [0.05, 0.1) is 6.10 Å². The molecule has 1 heterocycles. The van der Waals surface area contributed by atoms with Gasteiger partial charge < -0.3 is 32.1 Å². The molecule has 1 aliphatic rings. The molecule has 1 fully saturated rings. The van der Waals surface area contributed by atoms with Gasteiger partial charge in [-0.2, -0.15) is 11.8 Å². The molecular weight excluding hydrogens is 693 g/mol. The molecule has 0 aliphatic carbocycles. The van der Waals surface area contributed by atoms with E-state index < -0.39 is 36.5 Å². The minimum absolute atomic E-state index is 0.0861. The highest BCUT2D eigenvalue weighted by molar-refractivity contribution is 8.12. The van der Waals surface area contributed by atoms with Crippen molar-refractivity contribution in [2.24, 2.45) is 0 Å². The number of hydrogen-bond acceptors (Lipinski definition) is 14. The molecule has 49 heavy (non-hydrogen) atoms. The van der Waals surface area contributed by atoms with E-state index >= 15 is 0 Å². The summed E-state index contributed by atoms with van der Waals surface area (Å²) in [5, 5.41) is 0.0861. The van der Waals surface area contributed by atoms with Crippen LogP contribution in [0.1, 0.15) is 61.2 Å². The van der Waals surface area contributed by atoms with Crippen LogP contribution in [0.4, 0.5) is 0 Å². The maximum absolute atomic E-state index is 11.8. The van der Waals surface area contributed by atoms with Crippen molar-refractivity contribution >= 4 is 59.2 Å². The highest BCUT2D eigenvalue weighted by Gasteiger charge is 2.41. The lowest BCUT2D eigenvalue weighted by molar-refractivity contribution is -0.242. The van der Waals surface area contributed by atoms with Crippen molar-refractivity contribution < 1.29 is 51.2 Å². The standard InChI is InChI=1S/C35H38O11S3/c1-21-32(42-22(2)37)16-34(43-23(3)38)35(41-21)44-31-13-8-26(17-36)15-33(31)46-49-45-29-10-6-25(7-11-29)18-40-30-12-9-27(19-48-24(4)39)14-28(30)20-47-5/h6-15,17,21,32,34-35H,16,18-20H2,1-5H3/t21-,32-,34?,35+/m0/s1. The summed E-state index contributed by atoms with van der Waals surface area (Å²) >= 11 is 3.65. The monoisotopic (exact) mass is 730 g/mol. The zero-order chi connectivity index (χ0) is 35.3. The minimum Gasteiger partial charge on any atom is -0.489 e. The minimum atomic E-state index is -1.05. The molecule has 1 aliphatic heterocycles. The van der Waals surface area contributed by atoms with E-state index in [-0.39, 0.29) is 23.0 Å². The lowest BCUT2D eigenvalue weighted by atomic mass is 10.0. The van der Waals surface area contributed by atoms with Crippen LogP contribution < -0.4 is 17.8 Å². The predicted octanol–water partition coefficient (Wildman–Crippen LogP) is 7.12. The Labute approximate surface area is 298 Å². The molecule has 4 atom stereocenters. The van der Waals surface area contributed by atoms with E-state index in [4.69, 9.17) is 32.1 Å². The fourth-order valence-corrected chi connectivity index (χ4v) is 6.31. The second kappa shape index (κ2) is 18.8. The lowest BCUT2D eigenvalue weighted by Gasteiger charge is -2.38. The number of hydrogen-bond donors (Lipinski definition) is 0. The lowest BCUT2D eigenvalue weighted by Crippen LogP contribution is -2.51. The zero-order valence-corrected chi connectivity index (χ0v) is 30.2. The molecule has 0 radical (unpaired) electrons. The van der Waals surface area contributed by atoms with Crippen molar-refractivity contribution in [1.82, 2.24) is 0 Å². The van der Waals surface area contributed by atoms with Gasteiger partial charge in [-0.15, -0.1) is 0 Å². The van der Waals surface area contributed by atoms with Gasteiger partial charge in [0.15, 0.2) is 22.7 Å². The molecule has 0 aromatic heterocycles. The SMILES string of the molecule is CSCc1cc(CSC(C)=O)ccc1OCc1ccc(OSOc2cc(C=O)ccc2O[C@H]2O[C@@H](C)[C@@H](OC(C)=O)CC2OC(C)=O)cc1. The van der Waals surface area contributed by atoms with Crippen LogP contribution in [0, 0.1) is 0 Å². The first-order valence-corrected chi connectivity index (χ1v) is 18.3. The maximum Gasteiger partial charge on any atom is 0.303 e. The number of thioether (sulfide) groups is 2. The highest BCUT2D eigenvalue weighted by Crippen LogP contribution is 2.35. The second-order valence-electron chi connectivity index (χ2n) is 11.0. The topological polar surface area (TPSA) is 133 Å². The van der Waals surface area contributed by atoms with Crippen LogP contribution in [0.15, 0.2) is 60.7 Å². The van der Waals surface area contributed by atoms with Crippen LogP contribution in [0.3, 0.4) is 0 Å². The van der Waals surface area contributed by atoms with Crippen molar-refractivity contribution in [2.45, 2.75) is 76.8 Å². The summed E-state index contributed by atoms with van der Waals surface area (Å²) in [6.45, 7) is 6.19. The van der Waals surface area contributed by atoms with E-state index in [1.165, 1.54) is 37.7 Å². The Bertz CT molecular complexity index is 1600. The summed E-state index contributed by atoms with van der Waals surface area (Å²) in [5.41, 5.74) is 3.41. The predicted molar refractivity (Wildman–Crippen MR) is 188 cm³/mol. The van der Waals surface area contributed by atoms with Gasteiger partial charge in [0, 0.05) is 49.8 Å². The first-order chi connectivity index (χ1) is 23.5. The number of esters is 2. The van der Waals surface area contributed by atoms with Crippen molar-refractivity contribution in [3.63, 3.8) is 0 Å². The summed E-state index contributed by atoms with van der Waals surface area (Å²) in [4.78, 5) is 46.2. The maximum atomic E-state index is 11.8. The first kappa shape index (κ1) is 38.0. The van der Waals surface area contributed by atoms with Crippen LogP contribution >= 0.6 is 35.8 Å². The molecule has 0 spiro atoms. The van der Waals surface area contributed by atoms with Crippen molar-refractivity contribution in [3.8, 4) is 23.0 Å². The van der Waals surface area contributed by atoms with Crippen LogP contribution in [0.5, 0.6) is 23.0 Å². The molecule has 4 rings (SSSR count). The molecule has 3 aromatic rings. The fourth-order valence-electron chi connectivity index (χ4n) is 4.79. The third kappa shape index (κ3) is 11.9. The number of aldehydes is 1. The van der Waals surface area contributed by atoms with Gasteiger partial charge in [-0.05, 0) is 60.7 Å². The second-order valence-corrected chi connectivity index (χ2v) is 13.5. The zero-order valence-electron chi connectivity index (χ0n) is 27.7. The molecule has 0 saturated carbocycles. The van der Waals surface area contributed by atoms with Crippen LogP contribution in [0.25, 0.3) is 0 Å². The summed E-state index contributed by atoms with van der Waals surface area (Å²) in [7, 11) is 0. The van der Waals surface area contributed by atoms with Crippen LogP contribution in [-0.2, 0) is 46.7 Å². The smallest absolute Gasteiger partial charge is 0.303 e. The van der Waals surface area contributed by atoms with Gasteiger partial charge in [0.2, 0.25) is 6.29 Å². The highest BCUT2D eigenvalue weighted by atomic mass is 32.2. The molecule has 262 valence electrons. The molecule has 0 N–H and O–H groups in total. The molecule has 3 aromatic carbocycles. The summed E-state index contributed by atoms with van der Waals surface area (Å²) in [6.07, 6.45) is -0.244. The average molecular weight is 731 g/mol. The number of benzene rings is 3. The van der Waals surface area contributed by atoms with Gasteiger partial charge >= 0.3 is 11.9 Å². The Morgan fingerprint density at radius 1 is 0.837 bits per heavy atom. The molecular formula is C35H38O11S3. The fraction of sp³-hybridized carbons (Fsp3) is 0.371. The molecule has 11 nitrogen and oxygen atoms in total. The van der Waals surface area contributed by atoms with E-state index in [0.717, 1.165) is 28.2 Å². The molecule has 1 unspecified atom stereocenters. The summed E-state index contributed by atoms with van der Waals surface area (Å²) in [5.74, 6) is 2.07. The van der Waals surface area contributed by atoms with E-state index in [1.54, 1.807) is 43.8 Å². The van der Waals surface area contributed by atoms with Gasteiger partial charge in [-0.3, -0.25) is 19.2 Å². The molecule has 0 bridgehead atoms. The van der Waals surface area contributed by atoms with E-state index in [1.807, 2.05) is 30.5 Å². The van der Waals surface area contributed by atoms with Gasteiger partial charge in [0.1, 0.15) is 30.5 Å². The molecule has 0 amide bonds. The van der Waals surface area contributed by atoms with Gasteiger partial charge in [-0.25, -0.2) is 0 Å². The Balaban J connectivity index is 1.36. The average Bonchev–Trinajstić information content (AvgIpc) is 3.06. The number of ether oxygens (including phenoxy) is 5. The van der Waals surface area contributed by atoms with Crippen molar-refractivity contribution in [1.29, 1.82) is 0 Å². The first-order valence-electron chi connectivity index (χ1n) is 15.3. The molecule has 14 heteroatoms. The Morgan fingerprint density at radius 3 is 2.20 bits per heavy atom. The normalized spacial score (nSPS) is 18.6. The Kier molecular flexibility index (Phi) is 14.6. The summed E-state index contributed by atoms with van der Waals surface area (Å²) in [6, 6.07) is 17.9. The quantitative estimate of drug-likeness (QED) is 0.0841. The van der Waals surface area contributed by atoms with Crippen LogP contribution in [0.2, 0.25) is 0 Å². The Morgan fingerprint density at radius 2 is 1.53 bits per heavy atom.